The van der Waals surface area contributed by atoms with Crippen molar-refractivity contribution < 1.29 is 9.59 Å². The predicted molar refractivity (Wildman–Crippen MR) is 79.2 cm³/mol. The molecule has 0 unspecified atom stereocenters. The summed E-state index contributed by atoms with van der Waals surface area (Å²) >= 11 is 0. The highest BCUT2D eigenvalue weighted by Gasteiger charge is 2.44. The number of hydrogen-bond acceptors (Lipinski definition) is 2. The van der Waals surface area contributed by atoms with E-state index in [9.17, 15) is 9.59 Å². The van der Waals surface area contributed by atoms with Crippen LogP contribution in [0.3, 0.4) is 0 Å². The number of anilines is 1. The molecule has 1 aliphatic heterocycles. The van der Waals surface area contributed by atoms with Gasteiger partial charge in [-0.1, -0.05) is 45.9 Å². The maximum atomic E-state index is 11.9. The first kappa shape index (κ1) is 17.2. The molecule has 19 heavy (non-hydrogen) atoms. The SMILES string of the molecule is CC.CC.CC1(C)NC(=O)N(c2ccccc2)C1=O. The molecule has 1 aromatic carbocycles. The van der Waals surface area contributed by atoms with E-state index in [0.717, 1.165) is 0 Å². The molecular weight excluding hydrogens is 240 g/mol. The molecule has 1 aromatic rings. The highest BCUT2D eigenvalue weighted by molar-refractivity contribution is 6.22. The fourth-order valence-corrected chi connectivity index (χ4v) is 1.56. The van der Waals surface area contributed by atoms with Crippen LogP contribution in [-0.4, -0.2) is 17.5 Å². The minimum Gasteiger partial charge on any atom is -0.323 e. The van der Waals surface area contributed by atoms with E-state index in [1.807, 2.05) is 33.8 Å². The summed E-state index contributed by atoms with van der Waals surface area (Å²) in [6.07, 6.45) is 0. The van der Waals surface area contributed by atoms with Gasteiger partial charge in [-0.15, -0.1) is 0 Å². The Morgan fingerprint density at radius 2 is 1.42 bits per heavy atom. The van der Waals surface area contributed by atoms with Crippen molar-refractivity contribution in [2.24, 2.45) is 0 Å². The second kappa shape index (κ2) is 7.56. The van der Waals surface area contributed by atoms with Gasteiger partial charge in [-0.25, -0.2) is 9.69 Å². The van der Waals surface area contributed by atoms with Crippen molar-refractivity contribution in [2.75, 3.05) is 4.90 Å². The smallest absolute Gasteiger partial charge is 0.323 e. The lowest BCUT2D eigenvalue weighted by atomic mass is 10.1. The summed E-state index contributed by atoms with van der Waals surface area (Å²) in [4.78, 5) is 24.6. The maximum Gasteiger partial charge on any atom is 0.329 e. The van der Waals surface area contributed by atoms with Crippen LogP contribution in [0.4, 0.5) is 10.5 Å². The molecule has 1 fully saturated rings. The lowest BCUT2D eigenvalue weighted by molar-refractivity contribution is -0.121. The Morgan fingerprint density at radius 3 is 1.79 bits per heavy atom. The second-order valence-corrected chi connectivity index (χ2v) is 4.03. The highest BCUT2D eigenvalue weighted by Crippen LogP contribution is 2.23. The third-order valence-corrected chi connectivity index (χ3v) is 2.37. The number of nitrogens with zero attached hydrogens (tertiary/aromatic N) is 1. The van der Waals surface area contributed by atoms with E-state index in [0.29, 0.717) is 5.69 Å². The second-order valence-electron chi connectivity index (χ2n) is 4.03. The predicted octanol–water partition coefficient (Wildman–Crippen LogP) is 3.57. The Bertz CT molecular complexity index is 413. The molecule has 0 radical (unpaired) electrons. The number of benzene rings is 1. The number of carbonyl (C=O) groups excluding carboxylic acids is 2. The van der Waals surface area contributed by atoms with Crippen molar-refractivity contribution in [1.82, 2.24) is 5.32 Å². The average Bonchev–Trinajstić information content (AvgIpc) is 2.64. The first-order chi connectivity index (χ1) is 9.02. The molecule has 3 amide bonds. The van der Waals surface area contributed by atoms with Gasteiger partial charge in [0.2, 0.25) is 0 Å². The lowest BCUT2D eigenvalue weighted by Gasteiger charge is -2.15. The van der Waals surface area contributed by atoms with E-state index in [1.165, 1.54) is 4.90 Å². The van der Waals surface area contributed by atoms with Crippen LogP contribution in [0.2, 0.25) is 0 Å². The van der Waals surface area contributed by atoms with Gasteiger partial charge in [-0.2, -0.15) is 0 Å². The zero-order valence-electron chi connectivity index (χ0n) is 12.7. The van der Waals surface area contributed by atoms with Gasteiger partial charge in [0.15, 0.2) is 0 Å². The number of imide groups is 1. The van der Waals surface area contributed by atoms with Crippen LogP contribution in [0.15, 0.2) is 30.3 Å². The Labute approximate surface area is 115 Å². The molecule has 2 rings (SSSR count). The summed E-state index contributed by atoms with van der Waals surface area (Å²) < 4.78 is 0. The van der Waals surface area contributed by atoms with Gasteiger partial charge in [-0.3, -0.25) is 4.79 Å². The molecule has 0 aliphatic carbocycles. The van der Waals surface area contributed by atoms with Crippen LogP contribution in [0.1, 0.15) is 41.5 Å². The first-order valence-corrected chi connectivity index (χ1v) is 6.74. The number of carbonyl (C=O) groups is 2. The van der Waals surface area contributed by atoms with Gasteiger partial charge < -0.3 is 5.32 Å². The van der Waals surface area contributed by atoms with E-state index >= 15 is 0 Å². The molecule has 0 spiro atoms. The van der Waals surface area contributed by atoms with Crippen molar-refractivity contribution in [3.05, 3.63) is 30.3 Å². The van der Waals surface area contributed by atoms with Gasteiger partial charge in [0, 0.05) is 0 Å². The fraction of sp³-hybridized carbons (Fsp3) is 0.467. The third-order valence-electron chi connectivity index (χ3n) is 2.37. The zero-order valence-corrected chi connectivity index (χ0v) is 12.7. The van der Waals surface area contributed by atoms with Crippen LogP contribution < -0.4 is 10.2 Å². The molecule has 4 nitrogen and oxygen atoms in total. The quantitative estimate of drug-likeness (QED) is 0.788. The molecule has 0 atom stereocenters. The minimum absolute atomic E-state index is 0.223. The summed E-state index contributed by atoms with van der Waals surface area (Å²) in [7, 11) is 0. The normalized spacial score (nSPS) is 15.8. The summed E-state index contributed by atoms with van der Waals surface area (Å²) in [6, 6.07) is 8.53. The zero-order chi connectivity index (χ0) is 15.1. The molecular formula is C15H24N2O2. The van der Waals surface area contributed by atoms with Crippen molar-refractivity contribution in [1.29, 1.82) is 0 Å². The number of rotatable bonds is 1. The van der Waals surface area contributed by atoms with Gasteiger partial charge in [0.05, 0.1) is 5.69 Å². The summed E-state index contributed by atoms with van der Waals surface area (Å²) in [6.45, 7) is 11.4. The summed E-state index contributed by atoms with van der Waals surface area (Å²) in [5.41, 5.74) is -0.210. The van der Waals surface area contributed by atoms with Crippen molar-refractivity contribution in [3.63, 3.8) is 0 Å². The molecule has 0 aromatic heterocycles. The molecule has 1 aliphatic rings. The van der Waals surface area contributed by atoms with E-state index in [4.69, 9.17) is 0 Å². The monoisotopic (exact) mass is 264 g/mol. The molecule has 1 saturated heterocycles. The van der Waals surface area contributed by atoms with E-state index in [-0.39, 0.29) is 11.9 Å². The largest absolute Gasteiger partial charge is 0.329 e. The Balaban J connectivity index is 0.000000741. The van der Waals surface area contributed by atoms with Gasteiger partial charge >= 0.3 is 6.03 Å². The Morgan fingerprint density at radius 1 is 0.947 bits per heavy atom. The summed E-state index contributed by atoms with van der Waals surface area (Å²) in [5.74, 6) is -0.223. The van der Waals surface area contributed by atoms with Crippen LogP contribution in [0.5, 0.6) is 0 Å². The molecule has 4 heteroatoms. The van der Waals surface area contributed by atoms with Crippen LogP contribution in [-0.2, 0) is 4.79 Å². The molecule has 106 valence electrons. The number of para-hydroxylation sites is 1. The number of hydrogen-bond donors (Lipinski definition) is 1. The van der Waals surface area contributed by atoms with Crippen molar-refractivity contribution in [2.45, 2.75) is 47.1 Å². The van der Waals surface area contributed by atoms with Crippen molar-refractivity contribution in [3.8, 4) is 0 Å². The Hall–Kier alpha value is -1.84. The van der Waals surface area contributed by atoms with Gasteiger partial charge in [0.25, 0.3) is 5.91 Å². The standard InChI is InChI=1S/C11H12N2O2.2C2H6/c1-11(2)9(14)13(10(15)12-11)8-6-4-3-5-7-8;2*1-2/h3-7H,1-2H3,(H,12,15);2*1-2H3. The first-order valence-electron chi connectivity index (χ1n) is 6.74. The minimum atomic E-state index is -0.813. The number of nitrogens with one attached hydrogen (secondary N) is 1. The Kier molecular flexibility index (Phi) is 6.83. The lowest BCUT2D eigenvalue weighted by Crippen LogP contribution is -2.40. The topological polar surface area (TPSA) is 49.4 Å². The fourth-order valence-electron chi connectivity index (χ4n) is 1.56. The van der Waals surface area contributed by atoms with Crippen LogP contribution in [0.25, 0.3) is 0 Å². The molecule has 1 N–H and O–H groups in total. The molecule has 0 saturated carbocycles. The highest BCUT2D eigenvalue weighted by atomic mass is 16.2. The van der Waals surface area contributed by atoms with Crippen LogP contribution in [0, 0.1) is 0 Å². The maximum absolute atomic E-state index is 11.9. The molecule has 1 heterocycles. The van der Waals surface area contributed by atoms with Crippen molar-refractivity contribution >= 4 is 17.6 Å². The number of amides is 3. The molecule has 0 bridgehead atoms. The van der Waals surface area contributed by atoms with E-state index in [1.54, 1.807) is 38.1 Å². The third kappa shape index (κ3) is 3.81. The number of urea groups is 1. The van der Waals surface area contributed by atoms with E-state index < -0.39 is 5.54 Å². The average molecular weight is 264 g/mol. The van der Waals surface area contributed by atoms with Gasteiger partial charge in [0.1, 0.15) is 5.54 Å². The van der Waals surface area contributed by atoms with Gasteiger partial charge in [-0.05, 0) is 26.0 Å². The van der Waals surface area contributed by atoms with Crippen LogP contribution >= 0.6 is 0 Å². The van der Waals surface area contributed by atoms with E-state index in [2.05, 4.69) is 5.32 Å². The summed E-state index contributed by atoms with van der Waals surface area (Å²) in [5, 5.41) is 2.63.